The van der Waals surface area contributed by atoms with Gasteiger partial charge in [0.1, 0.15) is 5.82 Å². The van der Waals surface area contributed by atoms with Gasteiger partial charge in [-0.15, -0.1) is 0 Å². The van der Waals surface area contributed by atoms with Crippen LogP contribution < -0.4 is 10.9 Å². The minimum absolute atomic E-state index is 0.0615. The first-order valence-corrected chi connectivity index (χ1v) is 7.69. The molecule has 1 saturated carbocycles. The van der Waals surface area contributed by atoms with Gasteiger partial charge in [0.05, 0.1) is 0 Å². The number of hydrogen-bond donors (Lipinski definition) is 2. The minimum Gasteiger partial charge on any atom is -0.352 e. The number of amides is 1. The smallest absolute Gasteiger partial charge is 0.253 e. The van der Waals surface area contributed by atoms with Crippen LogP contribution >= 0.6 is 0 Å². The molecular formula is C18H19FN2O2. The fourth-order valence-corrected chi connectivity index (χ4v) is 3.01. The van der Waals surface area contributed by atoms with Crippen LogP contribution in [0, 0.1) is 25.6 Å². The van der Waals surface area contributed by atoms with Crippen LogP contribution in [-0.4, -0.2) is 10.9 Å². The van der Waals surface area contributed by atoms with Gasteiger partial charge in [0.2, 0.25) is 5.91 Å². The van der Waals surface area contributed by atoms with E-state index in [-0.39, 0.29) is 35.7 Å². The summed E-state index contributed by atoms with van der Waals surface area (Å²) in [4.78, 5) is 26.9. The van der Waals surface area contributed by atoms with Gasteiger partial charge in [-0.3, -0.25) is 9.59 Å². The molecule has 120 valence electrons. The zero-order chi connectivity index (χ0) is 16.6. The van der Waals surface area contributed by atoms with E-state index in [1.807, 2.05) is 19.9 Å². The van der Waals surface area contributed by atoms with Crippen LogP contribution in [0.25, 0.3) is 0 Å². The van der Waals surface area contributed by atoms with E-state index in [4.69, 9.17) is 0 Å². The number of carbonyl (C=O) groups is 1. The highest BCUT2D eigenvalue weighted by atomic mass is 19.1. The van der Waals surface area contributed by atoms with Crippen LogP contribution in [0.3, 0.4) is 0 Å². The molecule has 0 unspecified atom stereocenters. The molecule has 1 aliphatic carbocycles. The van der Waals surface area contributed by atoms with Gasteiger partial charge in [0.25, 0.3) is 5.56 Å². The van der Waals surface area contributed by atoms with Gasteiger partial charge in [0, 0.05) is 23.7 Å². The van der Waals surface area contributed by atoms with Gasteiger partial charge in [0.15, 0.2) is 0 Å². The summed E-state index contributed by atoms with van der Waals surface area (Å²) in [6.45, 7) is 3.86. The Bertz CT molecular complexity index is 813. The third-order valence-corrected chi connectivity index (χ3v) is 4.37. The number of benzene rings is 1. The van der Waals surface area contributed by atoms with E-state index in [1.54, 1.807) is 18.2 Å². The van der Waals surface area contributed by atoms with E-state index < -0.39 is 0 Å². The third kappa shape index (κ3) is 3.18. The van der Waals surface area contributed by atoms with E-state index in [0.717, 1.165) is 11.3 Å². The van der Waals surface area contributed by atoms with Gasteiger partial charge >= 0.3 is 0 Å². The van der Waals surface area contributed by atoms with Crippen molar-refractivity contribution in [3.8, 4) is 0 Å². The molecule has 23 heavy (non-hydrogen) atoms. The van der Waals surface area contributed by atoms with Gasteiger partial charge < -0.3 is 10.3 Å². The summed E-state index contributed by atoms with van der Waals surface area (Å²) in [7, 11) is 0. The van der Waals surface area contributed by atoms with Crippen LogP contribution in [-0.2, 0) is 11.3 Å². The van der Waals surface area contributed by atoms with E-state index in [2.05, 4.69) is 10.3 Å². The van der Waals surface area contributed by atoms with Crippen molar-refractivity contribution >= 4 is 5.91 Å². The Morgan fingerprint density at radius 2 is 2.09 bits per heavy atom. The number of aryl methyl sites for hydroxylation is 2. The summed E-state index contributed by atoms with van der Waals surface area (Å²) in [5.41, 5.74) is 2.63. The largest absolute Gasteiger partial charge is 0.352 e. The number of aromatic amines is 1. The molecule has 1 heterocycles. The topological polar surface area (TPSA) is 62.0 Å². The quantitative estimate of drug-likeness (QED) is 0.911. The Labute approximate surface area is 133 Å². The van der Waals surface area contributed by atoms with Crippen LogP contribution in [0.5, 0.6) is 0 Å². The molecule has 0 spiro atoms. The number of aromatic nitrogens is 1. The molecule has 1 aliphatic rings. The molecular weight excluding hydrogens is 295 g/mol. The molecule has 2 aromatic rings. The van der Waals surface area contributed by atoms with Crippen molar-refractivity contribution in [1.82, 2.24) is 10.3 Å². The van der Waals surface area contributed by atoms with Crippen LogP contribution in [0.4, 0.5) is 4.39 Å². The lowest BCUT2D eigenvalue weighted by atomic mass is 10.1. The molecule has 1 fully saturated rings. The highest BCUT2D eigenvalue weighted by Crippen LogP contribution is 2.48. The van der Waals surface area contributed by atoms with Gasteiger partial charge in [-0.25, -0.2) is 4.39 Å². The van der Waals surface area contributed by atoms with Crippen molar-refractivity contribution in [2.45, 2.75) is 32.7 Å². The van der Waals surface area contributed by atoms with Gasteiger partial charge in [-0.1, -0.05) is 18.2 Å². The first kappa shape index (κ1) is 15.5. The number of pyridine rings is 1. The zero-order valence-electron chi connectivity index (χ0n) is 13.2. The molecule has 0 bridgehead atoms. The predicted octanol–water partition coefficient (Wildman–Crippen LogP) is 2.55. The molecule has 0 saturated heterocycles. The van der Waals surface area contributed by atoms with Crippen molar-refractivity contribution in [1.29, 1.82) is 0 Å². The Kier molecular flexibility index (Phi) is 4.03. The molecule has 2 atom stereocenters. The monoisotopic (exact) mass is 314 g/mol. The van der Waals surface area contributed by atoms with Gasteiger partial charge in [-0.2, -0.15) is 0 Å². The second-order valence-electron chi connectivity index (χ2n) is 6.13. The van der Waals surface area contributed by atoms with Crippen molar-refractivity contribution in [2.24, 2.45) is 5.92 Å². The molecule has 0 radical (unpaired) electrons. The number of hydrogen-bond acceptors (Lipinski definition) is 2. The lowest BCUT2D eigenvalue weighted by Gasteiger charge is -2.08. The Morgan fingerprint density at radius 1 is 1.35 bits per heavy atom. The Balaban J connectivity index is 1.64. The number of H-pyrrole nitrogens is 1. The maximum Gasteiger partial charge on any atom is 0.253 e. The second kappa shape index (κ2) is 5.99. The molecule has 2 N–H and O–H groups in total. The third-order valence-electron chi connectivity index (χ3n) is 4.37. The first-order valence-electron chi connectivity index (χ1n) is 7.69. The SMILES string of the molecule is Cc1cc(C)c(CNC(=O)[C@H]2C[C@H]2c2ccccc2F)c(=O)[nH]1. The van der Waals surface area contributed by atoms with Crippen molar-refractivity contribution in [2.75, 3.05) is 0 Å². The predicted molar refractivity (Wildman–Crippen MR) is 85.6 cm³/mol. The molecule has 1 aromatic heterocycles. The molecule has 1 amide bonds. The van der Waals surface area contributed by atoms with Crippen molar-refractivity contribution in [3.05, 3.63) is 68.9 Å². The second-order valence-corrected chi connectivity index (χ2v) is 6.13. The average Bonchev–Trinajstić information content (AvgIpc) is 3.26. The number of halogens is 1. The standard InChI is InChI=1S/C18H19FN2O2/c1-10-7-11(2)21-18(23)15(10)9-20-17(22)14-8-13(14)12-5-3-4-6-16(12)19/h3-7,13-14H,8-9H2,1-2H3,(H,20,22)(H,21,23)/t13-,14-/m0/s1. The number of carbonyl (C=O) groups excluding carboxylic acids is 1. The maximum atomic E-state index is 13.7. The van der Waals surface area contributed by atoms with Crippen molar-refractivity contribution in [3.63, 3.8) is 0 Å². The summed E-state index contributed by atoms with van der Waals surface area (Å²) in [6, 6.07) is 8.44. The molecule has 5 heteroatoms. The Hall–Kier alpha value is -2.43. The molecule has 1 aromatic carbocycles. The van der Waals surface area contributed by atoms with E-state index in [0.29, 0.717) is 17.5 Å². The molecule has 4 nitrogen and oxygen atoms in total. The Morgan fingerprint density at radius 3 is 2.78 bits per heavy atom. The summed E-state index contributed by atoms with van der Waals surface area (Å²) in [5.74, 6) is -0.665. The van der Waals surface area contributed by atoms with E-state index in [9.17, 15) is 14.0 Å². The van der Waals surface area contributed by atoms with E-state index in [1.165, 1.54) is 6.07 Å². The average molecular weight is 314 g/mol. The summed E-state index contributed by atoms with van der Waals surface area (Å²) < 4.78 is 13.7. The highest BCUT2D eigenvalue weighted by Gasteiger charge is 2.44. The highest BCUT2D eigenvalue weighted by molar-refractivity contribution is 5.82. The summed E-state index contributed by atoms with van der Waals surface area (Å²) in [5, 5.41) is 2.80. The molecule has 3 rings (SSSR count). The lowest BCUT2D eigenvalue weighted by Crippen LogP contribution is -2.29. The summed E-state index contributed by atoms with van der Waals surface area (Å²) in [6.07, 6.45) is 0.649. The van der Waals surface area contributed by atoms with Crippen LogP contribution in [0.15, 0.2) is 35.1 Å². The minimum atomic E-state index is -0.265. The fourth-order valence-electron chi connectivity index (χ4n) is 3.01. The summed E-state index contributed by atoms with van der Waals surface area (Å²) >= 11 is 0. The number of rotatable bonds is 4. The van der Waals surface area contributed by atoms with E-state index >= 15 is 0 Å². The molecule has 0 aliphatic heterocycles. The lowest BCUT2D eigenvalue weighted by molar-refractivity contribution is -0.122. The number of nitrogens with one attached hydrogen (secondary N) is 2. The van der Waals surface area contributed by atoms with Crippen LogP contribution in [0.2, 0.25) is 0 Å². The van der Waals surface area contributed by atoms with Crippen molar-refractivity contribution < 1.29 is 9.18 Å². The first-order chi connectivity index (χ1) is 11.0. The zero-order valence-corrected chi connectivity index (χ0v) is 13.2. The maximum absolute atomic E-state index is 13.7. The van der Waals surface area contributed by atoms with Crippen LogP contribution in [0.1, 0.15) is 34.7 Å². The van der Waals surface area contributed by atoms with Gasteiger partial charge in [-0.05, 0) is 49.4 Å². The fraction of sp³-hybridized carbons (Fsp3) is 0.333. The normalized spacial score (nSPS) is 19.4.